The van der Waals surface area contributed by atoms with Crippen molar-refractivity contribution < 1.29 is 8.42 Å². The Labute approximate surface area is 135 Å². The van der Waals surface area contributed by atoms with Gasteiger partial charge in [-0.3, -0.25) is 9.82 Å². The number of aromatic nitrogens is 2. The molecule has 0 spiro atoms. The molecule has 1 aromatic heterocycles. The summed E-state index contributed by atoms with van der Waals surface area (Å²) in [7, 11) is -3.69. The Morgan fingerprint density at radius 3 is 2.30 bits per heavy atom. The van der Waals surface area contributed by atoms with Gasteiger partial charge in [-0.1, -0.05) is 48.5 Å². The summed E-state index contributed by atoms with van der Waals surface area (Å²) in [6.45, 7) is 3.63. The molecule has 1 heterocycles. The highest BCUT2D eigenvalue weighted by atomic mass is 32.2. The van der Waals surface area contributed by atoms with Crippen molar-refractivity contribution in [3.05, 3.63) is 65.9 Å². The first-order valence-corrected chi connectivity index (χ1v) is 8.66. The van der Waals surface area contributed by atoms with Gasteiger partial charge in [-0.25, -0.2) is 8.42 Å². The van der Waals surface area contributed by atoms with Crippen molar-refractivity contribution in [1.82, 2.24) is 10.2 Å². The fourth-order valence-electron chi connectivity index (χ4n) is 2.50. The number of aromatic amines is 1. The lowest BCUT2D eigenvalue weighted by molar-refractivity contribution is 0.600. The van der Waals surface area contributed by atoms with E-state index in [0.717, 1.165) is 16.8 Å². The predicted molar refractivity (Wildman–Crippen MR) is 90.7 cm³/mol. The highest BCUT2D eigenvalue weighted by Crippen LogP contribution is 2.31. The molecule has 118 valence electrons. The molecule has 0 amide bonds. The van der Waals surface area contributed by atoms with Crippen LogP contribution in [0, 0.1) is 13.8 Å². The Morgan fingerprint density at radius 2 is 1.61 bits per heavy atom. The molecule has 2 aromatic carbocycles. The Kier molecular flexibility index (Phi) is 3.92. The van der Waals surface area contributed by atoms with Gasteiger partial charge in [-0.05, 0) is 31.0 Å². The van der Waals surface area contributed by atoms with Gasteiger partial charge in [-0.2, -0.15) is 5.10 Å². The highest BCUT2D eigenvalue weighted by molar-refractivity contribution is 7.92. The van der Waals surface area contributed by atoms with Crippen LogP contribution in [0.2, 0.25) is 0 Å². The average molecular weight is 327 g/mol. The van der Waals surface area contributed by atoms with Crippen LogP contribution in [0.5, 0.6) is 0 Å². The standard InChI is InChI=1S/C17H17N3O2S/c1-12-8-6-7-11-15(12)23(21,22)20-17-16(13(2)18-19-17)14-9-4-3-5-10-14/h3-11H,1-2H3,(H2,18,19,20). The topological polar surface area (TPSA) is 74.8 Å². The molecule has 0 bridgehead atoms. The first-order valence-electron chi connectivity index (χ1n) is 7.18. The van der Waals surface area contributed by atoms with Crippen LogP contribution >= 0.6 is 0 Å². The molecule has 6 heteroatoms. The van der Waals surface area contributed by atoms with Crippen LogP contribution < -0.4 is 4.72 Å². The summed E-state index contributed by atoms with van der Waals surface area (Å²) in [5, 5.41) is 6.96. The van der Waals surface area contributed by atoms with E-state index in [1.807, 2.05) is 43.3 Å². The van der Waals surface area contributed by atoms with E-state index in [1.54, 1.807) is 25.1 Å². The van der Waals surface area contributed by atoms with Crippen LogP contribution in [0.15, 0.2) is 59.5 Å². The van der Waals surface area contributed by atoms with E-state index >= 15 is 0 Å². The molecule has 0 aliphatic carbocycles. The zero-order chi connectivity index (χ0) is 16.4. The molecule has 0 fully saturated rings. The third kappa shape index (κ3) is 2.98. The monoisotopic (exact) mass is 327 g/mol. The van der Waals surface area contributed by atoms with E-state index in [9.17, 15) is 8.42 Å². The van der Waals surface area contributed by atoms with E-state index in [0.29, 0.717) is 11.4 Å². The van der Waals surface area contributed by atoms with Crippen molar-refractivity contribution in [1.29, 1.82) is 0 Å². The number of hydrogen-bond donors (Lipinski definition) is 2. The number of hydrogen-bond acceptors (Lipinski definition) is 3. The van der Waals surface area contributed by atoms with Crippen LogP contribution in [0.25, 0.3) is 11.1 Å². The lowest BCUT2D eigenvalue weighted by atomic mass is 10.1. The van der Waals surface area contributed by atoms with Gasteiger partial charge in [0.25, 0.3) is 10.0 Å². The minimum atomic E-state index is -3.69. The largest absolute Gasteiger partial charge is 0.280 e. The maximum Gasteiger partial charge on any atom is 0.263 e. The second-order valence-corrected chi connectivity index (χ2v) is 6.96. The highest BCUT2D eigenvalue weighted by Gasteiger charge is 2.21. The second kappa shape index (κ2) is 5.89. The molecule has 2 N–H and O–H groups in total. The fraction of sp³-hybridized carbons (Fsp3) is 0.118. The molecular formula is C17H17N3O2S. The van der Waals surface area contributed by atoms with Crippen molar-refractivity contribution in [2.45, 2.75) is 18.7 Å². The van der Waals surface area contributed by atoms with Crippen LogP contribution in [-0.4, -0.2) is 18.6 Å². The van der Waals surface area contributed by atoms with Gasteiger partial charge < -0.3 is 0 Å². The van der Waals surface area contributed by atoms with E-state index < -0.39 is 10.0 Å². The number of sulfonamides is 1. The summed E-state index contributed by atoms with van der Waals surface area (Å²) >= 11 is 0. The second-order valence-electron chi connectivity index (χ2n) is 5.31. The summed E-state index contributed by atoms with van der Waals surface area (Å²) in [5.41, 5.74) is 3.15. The van der Waals surface area contributed by atoms with E-state index in [-0.39, 0.29) is 4.90 Å². The van der Waals surface area contributed by atoms with Crippen LogP contribution in [-0.2, 0) is 10.0 Å². The number of benzene rings is 2. The third-order valence-electron chi connectivity index (χ3n) is 3.62. The zero-order valence-electron chi connectivity index (χ0n) is 12.9. The summed E-state index contributed by atoms with van der Waals surface area (Å²) in [6, 6.07) is 16.4. The maximum absolute atomic E-state index is 12.7. The first-order chi connectivity index (χ1) is 11.0. The molecule has 0 unspecified atom stereocenters. The molecule has 0 radical (unpaired) electrons. The number of anilines is 1. The smallest absolute Gasteiger partial charge is 0.263 e. The van der Waals surface area contributed by atoms with Crippen molar-refractivity contribution in [3.8, 4) is 11.1 Å². The van der Waals surface area contributed by atoms with E-state index in [2.05, 4.69) is 14.9 Å². The lowest BCUT2D eigenvalue weighted by Gasteiger charge is -2.10. The molecule has 0 saturated heterocycles. The summed E-state index contributed by atoms with van der Waals surface area (Å²) < 4.78 is 27.9. The Balaban J connectivity index is 2.04. The molecular weight excluding hydrogens is 310 g/mol. The van der Waals surface area contributed by atoms with E-state index in [1.165, 1.54) is 0 Å². The SMILES string of the molecule is Cc1ccccc1S(=O)(=O)Nc1n[nH]c(C)c1-c1ccccc1. The summed E-state index contributed by atoms with van der Waals surface area (Å²) in [5.74, 6) is 0.303. The average Bonchev–Trinajstić information content (AvgIpc) is 2.88. The maximum atomic E-state index is 12.7. The normalized spacial score (nSPS) is 11.4. The molecule has 23 heavy (non-hydrogen) atoms. The number of nitrogens with one attached hydrogen (secondary N) is 2. The number of aryl methyl sites for hydroxylation is 2. The molecule has 0 atom stereocenters. The lowest BCUT2D eigenvalue weighted by Crippen LogP contribution is -2.15. The number of rotatable bonds is 4. The van der Waals surface area contributed by atoms with Crippen LogP contribution in [0.1, 0.15) is 11.3 Å². The number of H-pyrrole nitrogens is 1. The third-order valence-corrected chi connectivity index (χ3v) is 5.12. The predicted octanol–water partition coefficient (Wildman–Crippen LogP) is 3.49. The molecule has 0 aliphatic rings. The van der Waals surface area contributed by atoms with Gasteiger partial charge in [0, 0.05) is 11.3 Å². The Morgan fingerprint density at radius 1 is 0.957 bits per heavy atom. The molecule has 3 rings (SSSR count). The Bertz CT molecular complexity index is 931. The van der Waals surface area contributed by atoms with Gasteiger partial charge >= 0.3 is 0 Å². The van der Waals surface area contributed by atoms with Gasteiger partial charge in [-0.15, -0.1) is 0 Å². The quantitative estimate of drug-likeness (QED) is 0.770. The van der Waals surface area contributed by atoms with Gasteiger partial charge in [0.2, 0.25) is 0 Å². The molecule has 5 nitrogen and oxygen atoms in total. The summed E-state index contributed by atoms with van der Waals surface area (Å²) in [6.07, 6.45) is 0. The fourth-order valence-corrected chi connectivity index (χ4v) is 3.76. The first kappa shape index (κ1) is 15.3. The van der Waals surface area contributed by atoms with E-state index in [4.69, 9.17) is 0 Å². The van der Waals surface area contributed by atoms with Crippen molar-refractivity contribution in [3.63, 3.8) is 0 Å². The molecule has 0 saturated carbocycles. The minimum Gasteiger partial charge on any atom is -0.280 e. The van der Waals surface area contributed by atoms with Gasteiger partial charge in [0.05, 0.1) is 4.90 Å². The minimum absolute atomic E-state index is 0.250. The van der Waals surface area contributed by atoms with Gasteiger partial charge in [0.15, 0.2) is 5.82 Å². The van der Waals surface area contributed by atoms with Crippen molar-refractivity contribution >= 4 is 15.8 Å². The van der Waals surface area contributed by atoms with Gasteiger partial charge in [0.1, 0.15) is 0 Å². The van der Waals surface area contributed by atoms with Crippen LogP contribution in [0.3, 0.4) is 0 Å². The zero-order valence-corrected chi connectivity index (χ0v) is 13.7. The Hall–Kier alpha value is -2.60. The van der Waals surface area contributed by atoms with Crippen molar-refractivity contribution in [2.24, 2.45) is 0 Å². The van der Waals surface area contributed by atoms with Crippen LogP contribution in [0.4, 0.5) is 5.82 Å². The van der Waals surface area contributed by atoms with Crippen molar-refractivity contribution in [2.75, 3.05) is 4.72 Å². The molecule has 3 aromatic rings. The molecule has 0 aliphatic heterocycles. The number of nitrogens with zero attached hydrogens (tertiary/aromatic N) is 1. The summed E-state index contributed by atoms with van der Waals surface area (Å²) in [4.78, 5) is 0.250.